The number of anilines is 2. The van der Waals surface area contributed by atoms with E-state index in [-0.39, 0.29) is 42.9 Å². The van der Waals surface area contributed by atoms with Crippen molar-refractivity contribution < 1.29 is 19.4 Å². The van der Waals surface area contributed by atoms with E-state index in [4.69, 9.17) is 16.2 Å². The second-order valence-electron chi connectivity index (χ2n) is 8.10. The minimum Gasteiger partial charge on any atom is -0.507 e. The van der Waals surface area contributed by atoms with Gasteiger partial charge >= 0.3 is 6.01 Å². The molecule has 13 heteroatoms. The van der Waals surface area contributed by atoms with Gasteiger partial charge in [0.15, 0.2) is 5.82 Å². The van der Waals surface area contributed by atoms with Crippen molar-refractivity contribution >= 4 is 23.3 Å². The average molecular weight is 494 g/mol. The molecular formula is C23H27N9O4. The van der Waals surface area contributed by atoms with Crippen LogP contribution in [0.25, 0.3) is 11.3 Å². The predicted molar refractivity (Wildman–Crippen MR) is 131 cm³/mol. The molecule has 1 saturated heterocycles. The summed E-state index contributed by atoms with van der Waals surface area (Å²) in [6.45, 7) is 3.37. The molecule has 1 aliphatic rings. The van der Waals surface area contributed by atoms with Crippen molar-refractivity contribution in [2.75, 3.05) is 56.5 Å². The Hall–Kier alpha value is -4.52. The molecule has 1 fully saturated rings. The number of aromatic nitrogens is 4. The van der Waals surface area contributed by atoms with Crippen molar-refractivity contribution in [3.05, 3.63) is 48.3 Å². The molecule has 1 aromatic carbocycles. The monoisotopic (exact) mass is 493 g/mol. The van der Waals surface area contributed by atoms with Gasteiger partial charge < -0.3 is 31.5 Å². The van der Waals surface area contributed by atoms with Crippen LogP contribution in [0, 0.1) is 0 Å². The lowest BCUT2D eigenvalue weighted by molar-refractivity contribution is -0.122. The second kappa shape index (κ2) is 11.3. The summed E-state index contributed by atoms with van der Waals surface area (Å²) in [6.07, 6.45) is 2.57. The summed E-state index contributed by atoms with van der Waals surface area (Å²) in [5.74, 6) is -0.303. The molecule has 2 aromatic heterocycles. The summed E-state index contributed by atoms with van der Waals surface area (Å²) in [7, 11) is 0. The number of carbonyl (C=O) groups excluding carboxylic acids is 2. The minimum atomic E-state index is -0.618. The molecule has 36 heavy (non-hydrogen) atoms. The zero-order valence-electron chi connectivity index (χ0n) is 19.5. The van der Waals surface area contributed by atoms with Gasteiger partial charge in [-0.1, -0.05) is 12.1 Å². The van der Waals surface area contributed by atoms with Gasteiger partial charge in [0.25, 0.3) is 5.91 Å². The Morgan fingerprint density at radius 1 is 1.08 bits per heavy atom. The summed E-state index contributed by atoms with van der Waals surface area (Å²) in [6, 6.07) is 8.85. The van der Waals surface area contributed by atoms with E-state index in [0.717, 1.165) is 5.69 Å². The van der Waals surface area contributed by atoms with E-state index in [1.54, 1.807) is 18.2 Å². The normalized spacial score (nSPS) is 13.8. The summed E-state index contributed by atoms with van der Waals surface area (Å²) in [5, 5.41) is 21.1. The number of piperazine rings is 1. The SMILES string of the molecule is NC(=O)c1cnc(OCCNC(=O)CN2CCN(c3cc(-c4ccccc4O)nnc3N)CC2)nc1. The van der Waals surface area contributed by atoms with Crippen LogP contribution in [-0.4, -0.2) is 87.9 Å². The first-order valence-corrected chi connectivity index (χ1v) is 11.3. The standard InChI is InChI=1S/C23H27N9O4/c24-21-18(11-17(29-30-21)16-3-1-2-4-19(16)33)32-8-6-31(7-9-32)14-20(34)26-5-10-36-23-27-12-15(13-28-23)22(25)35/h1-4,11-13,33H,5-10,14H2,(H2,24,30)(H2,25,35)(H,26,34). The average Bonchev–Trinajstić information content (AvgIpc) is 2.88. The maximum atomic E-state index is 12.3. The number of nitrogens with one attached hydrogen (secondary N) is 1. The molecule has 0 spiro atoms. The molecule has 4 rings (SSSR count). The number of primary amides is 1. The first-order valence-electron chi connectivity index (χ1n) is 11.3. The third-order valence-electron chi connectivity index (χ3n) is 5.63. The van der Waals surface area contributed by atoms with E-state index in [2.05, 4.69) is 30.4 Å². The van der Waals surface area contributed by atoms with Crippen LogP contribution in [-0.2, 0) is 4.79 Å². The van der Waals surface area contributed by atoms with Gasteiger partial charge in [0.1, 0.15) is 12.4 Å². The first kappa shape index (κ1) is 24.6. The van der Waals surface area contributed by atoms with Gasteiger partial charge in [-0.15, -0.1) is 10.2 Å². The van der Waals surface area contributed by atoms with Crippen LogP contribution in [0.15, 0.2) is 42.7 Å². The molecule has 3 aromatic rings. The van der Waals surface area contributed by atoms with Gasteiger partial charge in [-0.25, -0.2) is 9.97 Å². The largest absolute Gasteiger partial charge is 0.507 e. The quantitative estimate of drug-likeness (QED) is 0.285. The number of phenolic OH excluding ortho intramolecular Hbond substituents is 1. The molecule has 2 amide bonds. The topological polar surface area (TPSA) is 186 Å². The molecule has 0 saturated carbocycles. The van der Waals surface area contributed by atoms with E-state index in [9.17, 15) is 14.7 Å². The van der Waals surface area contributed by atoms with Crippen molar-refractivity contribution in [3.8, 4) is 23.0 Å². The number of nitrogen functional groups attached to an aromatic ring is 1. The molecule has 0 radical (unpaired) electrons. The number of aromatic hydroxyl groups is 1. The molecule has 188 valence electrons. The number of hydrogen-bond donors (Lipinski definition) is 4. The molecule has 0 unspecified atom stereocenters. The van der Waals surface area contributed by atoms with Crippen molar-refractivity contribution in [1.29, 1.82) is 0 Å². The van der Waals surface area contributed by atoms with E-state index in [0.29, 0.717) is 43.3 Å². The van der Waals surface area contributed by atoms with Gasteiger partial charge in [-0.2, -0.15) is 0 Å². The smallest absolute Gasteiger partial charge is 0.316 e. The van der Waals surface area contributed by atoms with Crippen molar-refractivity contribution in [3.63, 3.8) is 0 Å². The van der Waals surface area contributed by atoms with Crippen LogP contribution < -0.4 is 26.4 Å². The first-order chi connectivity index (χ1) is 17.4. The number of phenols is 1. The molecule has 0 aliphatic carbocycles. The Kier molecular flexibility index (Phi) is 7.70. The van der Waals surface area contributed by atoms with Crippen molar-refractivity contribution in [2.24, 2.45) is 5.73 Å². The number of nitrogens with zero attached hydrogens (tertiary/aromatic N) is 6. The second-order valence-corrected chi connectivity index (χ2v) is 8.10. The molecule has 6 N–H and O–H groups in total. The highest BCUT2D eigenvalue weighted by atomic mass is 16.5. The van der Waals surface area contributed by atoms with Gasteiger partial charge in [0, 0.05) is 44.1 Å². The van der Waals surface area contributed by atoms with E-state index >= 15 is 0 Å². The number of amides is 2. The fourth-order valence-electron chi connectivity index (χ4n) is 3.72. The Morgan fingerprint density at radius 2 is 1.81 bits per heavy atom. The van der Waals surface area contributed by atoms with Crippen LogP contribution in [0.5, 0.6) is 11.8 Å². The van der Waals surface area contributed by atoms with Gasteiger partial charge in [-0.3, -0.25) is 14.5 Å². The zero-order chi connectivity index (χ0) is 25.5. The maximum Gasteiger partial charge on any atom is 0.316 e. The number of rotatable bonds is 9. The highest BCUT2D eigenvalue weighted by Gasteiger charge is 2.22. The summed E-state index contributed by atoms with van der Waals surface area (Å²) in [5.41, 5.74) is 13.3. The highest BCUT2D eigenvalue weighted by Crippen LogP contribution is 2.31. The summed E-state index contributed by atoms with van der Waals surface area (Å²) >= 11 is 0. The van der Waals surface area contributed by atoms with E-state index in [1.165, 1.54) is 12.4 Å². The fourth-order valence-corrected chi connectivity index (χ4v) is 3.72. The van der Waals surface area contributed by atoms with Crippen LogP contribution in [0.1, 0.15) is 10.4 Å². The van der Waals surface area contributed by atoms with Gasteiger partial charge in [0.2, 0.25) is 5.91 Å². The van der Waals surface area contributed by atoms with E-state index in [1.807, 2.05) is 17.0 Å². The number of benzene rings is 1. The Labute approximate surface area is 207 Å². The van der Waals surface area contributed by atoms with E-state index < -0.39 is 5.91 Å². The predicted octanol–water partition coefficient (Wildman–Crippen LogP) is -0.362. The molecule has 0 bridgehead atoms. The fraction of sp³-hybridized carbons (Fsp3) is 0.304. The summed E-state index contributed by atoms with van der Waals surface area (Å²) in [4.78, 5) is 35.3. The van der Waals surface area contributed by atoms with Gasteiger partial charge in [0.05, 0.1) is 30.0 Å². The Balaban J connectivity index is 1.22. The van der Waals surface area contributed by atoms with Crippen LogP contribution in [0.2, 0.25) is 0 Å². The van der Waals surface area contributed by atoms with Crippen molar-refractivity contribution in [1.82, 2.24) is 30.4 Å². The molecule has 0 atom stereocenters. The Morgan fingerprint density at radius 3 is 2.50 bits per heavy atom. The third kappa shape index (κ3) is 6.13. The number of para-hydroxylation sites is 1. The number of carbonyl (C=O) groups is 2. The van der Waals surface area contributed by atoms with Crippen LogP contribution in [0.3, 0.4) is 0 Å². The Bertz CT molecular complexity index is 1210. The molecule has 3 heterocycles. The lowest BCUT2D eigenvalue weighted by atomic mass is 10.1. The zero-order valence-corrected chi connectivity index (χ0v) is 19.5. The maximum absolute atomic E-state index is 12.3. The number of hydrogen-bond acceptors (Lipinski definition) is 11. The number of ether oxygens (including phenoxy) is 1. The lowest BCUT2D eigenvalue weighted by Gasteiger charge is -2.36. The van der Waals surface area contributed by atoms with Crippen LogP contribution in [0.4, 0.5) is 11.5 Å². The lowest BCUT2D eigenvalue weighted by Crippen LogP contribution is -2.50. The van der Waals surface area contributed by atoms with Crippen molar-refractivity contribution in [2.45, 2.75) is 0 Å². The highest BCUT2D eigenvalue weighted by molar-refractivity contribution is 5.92. The van der Waals surface area contributed by atoms with Gasteiger partial charge in [-0.05, 0) is 18.2 Å². The van der Waals surface area contributed by atoms with Crippen LogP contribution >= 0.6 is 0 Å². The minimum absolute atomic E-state index is 0.0980. The molecule has 13 nitrogen and oxygen atoms in total. The molecule has 1 aliphatic heterocycles. The molecular weight excluding hydrogens is 466 g/mol. The summed E-state index contributed by atoms with van der Waals surface area (Å²) < 4.78 is 5.36. The third-order valence-corrected chi connectivity index (χ3v) is 5.63. The number of nitrogens with two attached hydrogens (primary N) is 2.